The number of aromatic nitrogens is 5. The molecular weight excluding hydrogens is 324 g/mol. The first-order chi connectivity index (χ1) is 11.8. The topological polar surface area (TPSA) is 85.6 Å². The molecule has 0 aromatic carbocycles. The van der Waals surface area contributed by atoms with E-state index in [0.29, 0.717) is 11.4 Å². The van der Waals surface area contributed by atoms with Crippen molar-refractivity contribution in [2.24, 2.45) is 0 Å². The van der Waals surface area contributed by atoms with Crippen molar-refractivity contribution in [1.29, 1.82) is 0 Å². The van der Waals surface area contributed by atoms with Gasteiger partial charge < -0.3 is 5.32 Å². The van der Waals surface area contributed by atoms with Gasteiger partial charge in [0.05, 0.1) is 5.54 Å². The van der Waals surface area contributed by atoms with Crippen LogP contribution in [0.15, 0.2) is 42.6 Å². The molecule has 0 bridgehead atoms. The molecule has 122 valence electrons. The van der Waals surface area contributed by atoms with Crippen LogP contribution in [0.5, 0.6) is 0 Å². The van der Waals surface area contributed by atoms with E-state index >= 15 is 0 Å². The molecule has 0 unspecified atom stereocenters. The van der Waals surface area contributed by atoms with E-state index < -0.39 is 0 Å². The monoisotopic (exact) mass is 340 g/mol. The van der Waals surface area contributed by atoms with E-state index in [0.717, 1.165) is 30.7 Å². The minimum absolute atomic E-state index is 0.115. The van der Waals surface area contributed by atoms with Gasteiger partial charge in [-0.1, -0.05) is 12.8 Å². The minimum atomic E-state index is -0.345. The van der Waals surface area contributed by atoms with E-state index in [2.05, 4.69) is 25.4 Å². The lowest BCUT2D eigenvalue weighted by molar-refractivity contribution is 0.0898. The molecule has 0 spiro atoms. The Morgan fingerprint density at radius 1 is 1.25 bits per heavy atom. The molecule has 1 N–H and O–H groups in total. The van der Waals surface area contributed by atoms with Crippen LogP contribution >= 0.6 is 11.3 Å². The lowest BCUT2D eigenvalue weighted by Gasteiger charge is -2.28. The normalized spacial score (nSPS) is 16.2. The first-order valence-corrected chi connectivity index (χ1v) is 8.68. The zero-order chi connectivity index (χ0) is 16.4. The Bertz CT molecular complexity index is 824. The van der Waals surface area contributed by atoms with Crippen molar-refractivity contribution < 1.29 is 4.79 Å². The third-order valence-corrected chi connectivity index (χ3v) is 5.29. The average molecular weight is 340 g/mol. The summed E-state index contributed by atoms with van der Waals surface area (Å²) >= 11 is 1.60. The number of rotatable bonds is 4. The molecule has 1 amide bonds. The molecule has 8 heteroatoms. The fourth-order valence-corrected chi connectivity index (χ4v) is 3.98. The molecule has 1 aliphatic rings. The van der Waals surface area contributed by atoms with Gasteiger partial charge >= 0.3 is 0 Å². The maximum Gasteiger partial charge on any atom is 0.252 e. The van der Waals surface area contributed by atoms with Crippen LogP contribution in [0, 0.1) is 0 Å². The Morgan fingerprint density at radius 2 is 2.12 bits per heavy atom. The smallest absolute Gasteiger partial charge is 0.252 e. The van der Waals surface area contributed by atoms with E-state index in [1.807, 2.05) is 5.38 Å². The predicted octanol–water partition coefficient (Wildman–Crippen LogP) is 2.32. The van der Waals surface area contributed by atoms with Crippen LogP contribution in [-0.4, -0.2) is 30.6 Å². The molecular formula is C16H16N6OS. The van der Waals surface area contributed by atoms with Gasteiger partial charge in [-0.2, -0.15) is 5.10 Å². The average Bonchev–Trinajstić information content (AvgIpc) is 3.36. The van der Waals surface area contributed by atoms with E-state index in [9.17, 15) is 4.79 Å². The number of amides is 1. The molecule has 1 aliphatic carbocycles. The molecule has 3 aromatic heterocycles. The zero-order valence-corrected chi connectivity index (χ0v) is 13.7. The van der Waals surface area contributed by atoms with Crippen LogP contribution in [0.3, 0.4) is 0 Å². The van der Waals surface area contributed by atoms with Crippen LogP contribution < -0.4 is 5.32 Å². The standard InChI is InChI=1S/C16H16N6OS/c23-14(12-3-6-18-13(9-12)22-11-17-10-20-22)21-16(4-1-2-5-16)15-19-7-8-24-15/h3,6-11H,1-2,4-5H2,(H,21,23). The number of nitrogens with one attached hydrogen (secondary N) is 1. The fraction of sp³-hybridized carbons (Fsp3) is 0.312. The SMILES string of the molecule is O=C(NC1(c2nccs2)CCCC1)c1ccnc(-n2cncn2)c1. The summed E-state index contributed by atoms with van der Waals surface area (Å²) in [6, 6.07) is 3.43. The molecule has 3 heterocycles. The molecule has 3 aromatic rings. The van der Waals surface area contributed by atoms with Crippen molar-refractivity contribution >= 4 is 17.2 Å². The highest BCUT2D eigenvalue weighted by Gasteiger charge is 2.39. The second kappa shape index (κ2) is 6.12. The highest BCUT2D eigenvalue weighted by atomic mass is 32.1. The van der Waals surface area contributed by atoms with Crippen molar-refractivity contribution in [2.45, 2.75) is 31.2 Å². The van der Waals surface area contributed by atoms with Gasteiger partial charge in [0.1, 0.15) is 17.7 Å². The summed E-state index contributed by atoms with van der Waals surface area (Å²) in [5.41, 5.74) is 0.209. The lowest BCUT2D eigenvalue weighted by atomic mass is 9.98. The van der Waals surface area contributed by atoms with Crippen molar-refractivity contribution in [2.75, 3.05) is 0 Å². The van der Waals surface area contributed by atoms with Gasteiger partial charge in [0.15, 0.2) is 5.82 Å². The molecule has 0 saturated heterocycles. The predicted molar refractivity (Wildman–Crippen MR) is 88.9 cm³/mol. The Morgan fingerprint density at radius 3 is 2.83 bits per heavy atom. The molecule has 0 aliphatic heterocycles. The van der Waals surface area contributed by atoms with E-state index in [-0.39, 0.29) is 11.4 Å². The first kappa shape index (κ1) is 14.9. The number of pyridine rings is 1. The number of hydrogen-bond donors (Lipinski definition) is 1. The third-order valence-electron chi connectivity index (χ3n) is 4.31. The Balaban J connectivity index is 1.61. The van der Waals surface area contributed by atoms with Gasteiger partial charge in [-0.15, -0.1) is 11.3 Å². The van der Waals surface area contributed by atoms with Crippen molar-refractivity contribution in [3.63, 3.8) is 0 Å². The highest BCUT2D eigenvalue weighted by Crippen LogP contribution is 2.39. The maximum absolute atomic E-state index is 12.8. The lowest BCUT2D eigenvalue weighted by Crippen LogP contribution is -2.43. The summed E-state index contributed by atoms with van der Waals surface area (Å²) in [5.74, 6) is 0.450. The summed E-state index contributed by atoms with van der Waals surface area (Å²) < 4.78 is 1.53. The summed E-state index contributed by atoms with van der Waals surface area (Å²) in [6.07, 6.45) is 10.4. The van der Waals surface area contributed by atoms with Gasteiger partial charge in [-0.25, -0.2) is 19.6 Å². The largest absolute Gasteiger partial charge is 0.340 e. The van der Waals surface area contributed by atoms with Crippen LogP contribution in [-0.2, 0) is 5.54 Å². The quantitative estimate of drug-likeness (QED) is 0.788. The molecule has 1 saturated carbocycles. The second-order valence-electron chi connectivity index (χ2n) is 5.82. The van der Waals surface area contributed by atoms with Crippen molar-refractivity contribution in [1.82, 2.24) is 30.0 Å². The third kappa shape index (κ3) is 2.69. The number of thiazole rings is 1. The van der Waals surface area contributed by atoms with Crippen LogP contribution in [0.4, 0.5) is 0 Å². The number of carbonyl (C=O) groups excluding carboxylic acids is 1. The molecule has 24 heavy (non-hydrogen) atoms. The van der Waals surface area contributed by atoms with Gasteiger partial charge in [0.25, 0.3) is 5.91 Å². The molecule has 0 radical (unpaired) electrons. The number of hydrogen-bond acceptors (Lipinski definition) is 6. The number of nitrogens with zero attached hydrogens (tertiary/aromatic N) is 5. The molecule has 1 fully saturated rings. The fourth-order valence-electron chi connectivity index (χ4n) is 3.13. The van der Waals surface area contributed by atoms with Crippen molar-refractivity contribution in [3.8, 4) is 5.82 Å². The second-order valence-corrected chi connectivity index (χ2v) is 6.72. The van der Waals surface area contributed by atoms with Gasteiger partial charge in [0, 0.05) is 23.3 Å². The van der Waals surface area contributed by atoms with E-state index in [4.69, 9.17) is 0 Å². The van der Waals surface area contributed by atoms with E-state index in [1.54, 1.807) is 42.2 Å². The Hall–Kier alpha value is -2.61. The van der Waals surface area contributed by atoms with Crippen LogP contribution in [0.25, 0.3) is 5.82 Å². The summed E-state index contributed by atoms with van der Waals surface area (Å²) in [6.45, 7) is 0. The van der Waals surface area contributed by atoms with E-state index in [1.165, 1.54) is 11.0 Å². The molecule has 4 rings (SSSR count). The number of carbonyl (C=O) groups is 1. The molecule has 0 atom stereocenters. The Kier molecular flexibility index (Phi) is 3.81. The maximum atomic E-state index is 12.8. The Labute approximate surface area is 142 Å². The van der Waals surface area contributed by atoms with Gasteiger partial charge in [-0.05, 0) is 25.0 Å². The zero-order valence-electron chi connectivity index (χ0n) is 12.9. The summed E-state index contributed by atoms with van der Waals surface area (Å²) in [7, 11) is 0. The van der Waals surface area contributed by atoms with Gasteiger partial charge in [-0.3, -0.25) is 4.79 Å². The van der Waals surface area contributed by atoms with Crippen LogP contribution in [0.2, 0.25) is 0 Å². The highest BCUT2D eigenvalue weighted by molar-refractivity contribution is 7.09. The molecule has 7 nitrogen and oxygen atoms in total. The summed E-state index contributed by atoms with van der Waals surface area (Å²) in [5, 5.41) is 10.2. The van der Waals surface area contributed by atoms with Crippen LogP contribution in [0.1, 0.15) is 41.0 Å². The summed E-state index contributed by atoms with van der Waals surface area (Å²) in [4.78, 5) is 25.4. The van der Waals surface area contributed by atoms with Gasteiger partial charge in [0.2, 0.25) is 0 Å². The van der Waals surface area contributed by atoms with Crippen molar-refractivity contribution in [3.05, 3.63) is 53.1 Å². The minimum Gasteiger partial charge on any atom is -0.340 e. The first-order valence-electron chi connectivity index (χ1n) is 7.80.